The van der Waals surface area contributed by atoms with Crippen LogP contribution >= 0.6 is 0 Å². The third-order valence-electron chi connectivity index (χ3n) is 0.936. The van der Waals surface area contributed by atoms with Gasteiger partial charge in [0, 0.05) is 23.1 Å². The Morgan fingerprint density at radius 2 is 2.00 bits per heavy atom. The second-order valence-electron chi connectivity index (χ2n) is 1.53. The molecular weight excluding hydrogens is 185 g/mol. The molecule has 0 aliphatic carbocycles. The Hall–Kier alpha value is 0.329. The van der Waals surface area contributed by atoms with Crippen molar-refractivity contribution in [3.05, 3.63) is 23.1 Å². The fourth-order valence-corrected chi connectivity index (χ4v) is 2.49. The summed E-state index contributed by atoms with van der Waals surface area (Å²) < 4.78 is 0. The van der Waals surface area contributed by atoms with Crippen molar-refractivity contribution in [3.63, 3.8) is 0 Å². The van der Waals surface area contributed by atoms with E-state index in [0.717, 1.165) is 5.12 Å². The first kappa shape index (κ1) is 9.33. The number of carbonyl (C=O) groups excluding carboxylic acids is 1. The van der Waals surface area contributed by atoms with E-state index in [2.05, 4.69) is 0 Å². The van der Waals surface area contributed by atoms with Crippen LogP contribution in [0.4, 0.5) is 0 Å². The van der Waals surface area contributed by atoms with Gasteiger partial charge in [-0.3, -0.25) is 0 Å². The number of hydrogen-bond acceptors (Lipinski definition) is 1. The van der Waals surface area contributed by atoms with Crippen LogP contribution in [0.5, 0.6) is 0 Å². The van der Waals surface area contributed by atoms with Gasteiger partial charge in [-0.2, -0.15) is 0 Å². The van der Waals surface area contributed by atoms with Gasteiger partial charge in [-0.1, -0.05) is 0 Å². The molecule has 1 nitrogen and oxygen atoms in total. The molecule has 0 N–H and O–H groups in total. The smallest absolute Gasteiger partial charge is 0 e. The van der Waals surface area contributed by atoms with E-state index in [1.54, 1.807) is 0 Å². The maximum absolute atomic E-state index is 10.1. The first-order valence-corrected chi connectivity index (χ1v) is 6.07. The van der Waals surface area contributed by atoms with E-state index in [9.17, 15) is 4.79 Å². The Bertz CT molecular complexity index is 181. The molecule has 1 aliphatic heterocycles. The summed E-state index contributed by atoms with van der Waals surface area (Å²) in [7, 11) is 0. The van der Waals surface area contributed by atoms with E-state index in [0.29, 0.717) is 0 Å². The summed E-state index contributed by atoms with van der Waals surface area (Å²) in [5, 5.41) is 1.08. The van der Waals surface area contributed by atoms with Crippen LogP contribution in [0.3, 0.4) is 0 Å². The topological polar surface area (TPSA) is 17.1 Å². The van der Waals surface area contributed by atoms with Crippen molar-refractivity contribution in [2.75, 3.05) is 0 Å². The van der Waals surface area contributed by atoms with E-state index in [1.807, 2.05) is 28.0 Å². The zero-order valence-electron chi connectivity index (χ0n) is 5.08. The van der Waals surface area contributed by atoms with E-state index >= 15 is 0 Å². The third-order valence-corrected chi connectivity index (χ3v) is 3.93. The van der Waals surface area contributed by atoms with Gasteiger partial charge in [0.25, 0.3) is 0 Å². The number of rotatable bonds is 1. The number of carbonyl (C=O) groups is 1. The molecule has 0 spiro atoms. The van der Waals surface area contributed by atoms with Crippen molar-refractivity contribution in [1.29, 1.82) is 0 Å². The van der Waals surface area contributed by atoms with Crippen LogP contribution in [0.15, 0.2) is 23.1 Å². The standard InChI is InChI=1S/C6H6GeO.Mg/c8-6-7-4-2-1-3-5-7;/h1-6H;. The van der Waals surface area contributed by atoms with E-state index in [4.69, 9.17) is 0 Å². The second-order valence-corrected chi connectivity index (χ2v) is 5.52. The van der Waals surface area contributed by atoms with E-state index in [-0.39, 0.29) is 23.1 Å². The Kier molecular flexibility index (Phi) is 5.33. The Labute approximate surface area is 74.6 Å². The minimum absolute atomic E-state index is 0. The van der Waals surface area contributed by atoms with Crippen LogP contribution in [0, 0.1) is 0 Å². The Balaban J connectivity index is 0.000000640. The van der Waals surface area contributed by atoms with Crippen molar-refractivity contribution in [1.82, 2.24) is 0 Å². The number of hydrogen-bond donors (Lipinski definition) is 0. The zero-order valence-corrected chi connectivity index (χ0v) is 8.59. The largest absolute Gasteiger partial charge is 0 e. The molecule has 0 fully saturated rings. The maximum atomic E-state index is 10.1. The van der Waals surface area contributed by atoms with Gasteiger partial charge >= 0.3 is 51.8 Å². The van der Waals surface area contributed by atoms with Crippen LogP contribution in [-0.2, 0) is 4.79 Å². The van der Waals surface area contributed by atoms with E-state index in [1.165, 1.54) is 0 Å². The van der Waals surface area contributed by atoms with Crippen molar-refractivity contribution in [2.45, 2.75) is 0 Å². The molecule has 0 unspecified atom stereocenters. The average Bonchev–Trinajstić information content (AvgIpc) is 1.90. The van der Waals surface area contributed by atoms with Gasteiger partial charge in [-0.05, 0) is 0 Å². The summed E-state index contributed by atoms with van der Waals surface area (Å²) >= 11 is -1.42. The normalized spacial score (nSPS) is 14.0. The van der Waals surface area contributed by atoms with Crippen LogP contribution in [-0.4, -0.2) is 46.9 Å². The van der Waals surface area contributed by atoms with Gasteiger partial charge in [0.2, 0.25) is 0 Å². The Morgan fingerprint density at radius 1 is 1.22 bits per heavy atom. The van der Waals surface area contributed by atoms with Crippen LogP contribution < -0.4 is 0 Å². The quantitative estimate of drug-likeness (QED) is 0.418. The maximum Gasteiger partial charge on any atom is 0 e. The van der Waals surface area contributed by atoms with Crippen molar-refractivity contribution >= 4 is 46.9 Å². The molecule has 0 aromatic rings. The summed E-state index contributed by atoms with van der Waals surface area (Å²) in [5.41, 5.74) is 0. The van der Waals surface area contributed by atoms with Crippen molar-refractivity contribution < 1.29 is 4.79 Å². The molecule has 1 aliphatic rings. The van der Waals surface area contributed by atoms with Crippen LogP contribution in [0.1, 0.15) is 0 Å². The molecule has 0 aromatic heterocycles. The fraction of sp³-hybridized carbons (Fsp3) is 0. The Morgan fingerprint density at radius 3 is 2.33 bits per heavy atom. The summed E-state index contributed by atoms with van der Waals surface area (Å²) in [6.45, 7) is 0. The molecule has 2 radical (unpaired) electrons. The summed E-state index contributed by atoms with van der Waals surface area (Å²) in [6.07, 6.45) is 5.84. The molecule has 42 valence electrons. The van der Waals surface area contributed by atoms with Gasteiger partial charge in [-0.15, -0.1) is 0 Å². The van der Waals surface area contributed by atoms with Crippen molar-refractivity contribution in [3.8, 4) is 0 Å². The molecule has 1 rings (SSSR count). The monoisotopic (exact) mass is 192 g/mol. The summed E-state index contributed by atoms with van der Waals surface area (Å²) in [4.78, 5) is 14.2. The third kappa shape index (κ3) is 3.13. The molecule has 0 atom stereocenters. The van der Waals surface area contributed by atoms with Gasteiger partial charge in [-0.25, -0.2) is 0 Å². The molecule has 0 saturated heterocycles. The molecular formula is C6H6GeMgO. The molecule has 0 bridgehead atoms. The molecule has 1 heterocycles. The van der Waals surface area contributed by atoms with Crippen molar-refractivity contribution in [2.24, 2.45) is 0 Å². The minimum Gasteiger partial charge on any atom is 0 e. The predicted molar refractivity (Wildman–Crippen MR) is 42.6 cm³/mol. The van der Waals surface area contributed by atoms with Gasteiger partial charge in [0.15, 0.2) is 0 Å². The minimum atomic E-state index is -1.42. The summed E-state index contributed by atoms with van der Waals surface area (Å²) in [5.74, 6) is 0. The first-order valence-electron chi connectivity index (χ1n) is 2.44. The second kappa shape index (κ2) is 5.14. The van der Waals surface area contributed by atoms with Crippen LogP contribution in [0.2, 0.25) is 0 Å². The summed E-state index contributed by atoms with van der Waals surface area (Å²) in [6, 6.07) is 0. The number of allylic oxidation sites excluding steroid dienone is 3. The molecule has 0 aromatic carbocycles. The first-order chi connectivity index (χ1) is 3.93. The zero-order chi connectivity index (χ0) is 5.82. The average molecular weight is 191 g/mol. The van der Waals surface area contributed by atoms with Gasteiger partial charge in [0.05, 0.1) is 0 Å². The van der Waals surface area contributed by atoms with Gasteiger partial charge in [0.1, 0.15) is 0 Å². The molecule has 3 heteroatoms. The van der Waals surface area contributed by atoms with E-state index < -0.39 is 13.9 Å². The van der Waals surface area contributed by atoms with Gasteiger partial charge < -0.3 is 0 Å². The predicted octanol–water partition coefficient (Wildman–Crippen LogP) is -0.0786. The molecule has 0 amide bonds. The SMILES string of the molecule is O=[CH][Ge]1=[CH]C=CC=[CH]1.[Mg]. The molecule has 0 saturated carbocycles. The fourth-order valence-electron chi connectivity index (χ4n) is 0.532. The van der Waals surface area contributed by atoms with Crippen LogP contribution in [0.25, 0.3) is 0 Å². The molecule has 9 heavy (non-hydrogen) atoms.